The van der Waals surface area contributed by atoms with E-state index >= 15 is 0 Å². The molecule has 0 aliphatic heterocycles. The second-order valence-corrected chi connectivity index (χ2v) is 3.69. The maximum atomic E-state index is 11.0. The molecule has 0 fully saturated rings. The first-order valence-corrected chi connectivity index (χ1v) is 5.43. The Bertz CT molecular complexity index is 578. The lowest BCUT2D eigenvalue weighted by molar-refractivity contribution is 0.0694. The van der Waals surface area contributed by atoms with Gasteiger partial charge in [0.05, 0.1) is 12.4 Å². The van der Waals surface area contributed by atoms with Crippen molar-refractivity contribution < 1.29 is 14.6 Å². The van der Waals surface area contributed by atoms with Gasteiger partial charge in [0.25, 0.3) is 0 Å². The van der Waals surface area contributed by atoms with Gasteiger partial charge in [0, 0.05) is 18.3 Å². The summed E-state index contributed by atoms with van der Waals surface area (Å²) in [7, 11) is 0. The first-order chi connectivity index (χ1) is 8.60. The molecule has 0 bridgehead atoms. The van der Waals surface area contributed by atoms with E-state index in [2.05, 4.69) is 5.10 Å². The van der Waals surface area contributed by atoms with Crippen LogP contribution in [-0.4, -0.2) is 20.9 Å². The predicted octanol–water partition coefficient (Wildman–Crippen LogP) is 1.98. The number of anilines is 1. The van der Waals surface area contributed by atoms with Crippen LogP contribution in [0.5, 0.6) is 11.5 Å². The Labute approximate surface area is 104 Å². The van der Waals surface area contributed by atoms with Gasteiger partial charge in [-0.2, -0.15) is 5.10 Å². The molecule has 0 saturated heterocycles. The van der Waals surface area contributed by atoms with Crippen LogP contribution in [0.25, 0.3) is 0 Å². The first-order valence-electron chi connectivity index (χ1n) is 5.43. The Morgan fingerprint density at radius 1 is 1.56 bits per heavy atom. The van der Waals surface area contributed by atoms with Crippen molar-refractivity contribution in [2.24, 2.45) is 0 Å². The molecule has 0 amide bonds. The lowest BCUT2D eigenvalue weighted by Crippen LogP contribution is -2.00. The quantitative estimate of drug-likeness (QED) is 0.806. The Kier molecular flexibility index (Phi) is 3.18. The van der Waals surface area contributed by atoms with E-state index in [0.717, 1.165) is 0 Å². The number of rotatable bonds is 4. The van der Waals surface area contributed by atoms with Gasteiger partial charge in [-0.1, -0.05) is 0 Å². The number of nitrogen functional groups attached to an aromatic ring is 1. The minimum atomic E-state index is -1.06. The normalized spacial score (nSPS) is 10.3. The summed E-state index contributed by atoms with van der Waals surface area (Å²) in [5.74, 6) is -0.379. The highest BCUT2D eigenvalue weighted by Crippen LogP contribution is 2.27. The molecule has 3 N–H and O–H groups in total. The molecule has 1 aromatic heterocycles. The number of carboxylic acids is 1. The smallest absolute Gasteiger partial charge is 0.339 e. The van der Waals surface area contributed by atoms with E-state index < -0.39 is 5.97 Å². The fourth-order valence-electron chi connectivity index (χ4n) is 1.50. The summed E-state index contributed by atoms with van der Waals surface area (Å²) in [5, 5.41) is 13.1. The third-order valence-electron chi connectivity index (χ3n) is 2.40. The molecular weight excluding hydrogens is 234 g/mol. The maximum Gasteiger partial charge on any atom is 0.339 e. The van der Waals surface area contributed by atoms with Gasteiger partial charge in [0.15, 0.2) is 5.75 Å². The van der Waals surface area contributed by atoms with Crippen molar-refractivity contribution in [1.29, 1.82) is 0 Å². The molecule has 6 heteroatoms. The van der Waals surface area contributed by atoms with Gasteiger partial charge in [0.1, 0.15) is 11.3 Å². The third kappa shape index (κ3) is 2.42. The topological polar surface area (TPSA) is 90.4 Å². The number of carboxylic acid groups (broad SMARTS) is 1. The van der Waals surface area contributed by atoms with E-state index in [9.17, 15) is 4.79 Å². The summed E-state index contributed by atoms with van der Waals surface area (Å²) in [4.78, 5) is 11.0. The molecule has 1 heterocycles. The zero-order valence-corrected chi connectivity index (χ0v) is 9.83. The van der Waals surface area contributed by atoms with Gasteiger partial charge >= 0.3 is 5.97 Å². The number of hydrogen-bond donors (Lipinski definition) is 2. The molecule has 6 nitrogen and oxygen atoms in total. The van der Waals surface area contributed by atoms with E-state index in [0.29, 0.717) is 18.0 Å². The van der Waals surface area contributed by atoms with Crippen molar-refractivity contribution in [2.75, 3.05) is 5.73 Å². The molecule has 0 aliphatic carbocycles. The van der Waals surface area contributed by atoms with Gasteiger partial charge < -0.3 is 15.6 Å². The van der Waals surface area contributed by atoms with Gasteiger partial charge in [0.2, 0.25) is 0 Å². The second-order valence-electron chi connectivity index (χ2n) is 3.69. The summed E-state index contributed by atoms with van der Waals surface area (Å²) in [6.45, 7) is 2.66. The zero-order chi connectivity index (χ0) is 13.1. The number of aromatic carboxylic acids is 1. The number of aryl methyl sites for hydroxylation is 1. The van der Waals surface area contributed by atoms with Gasteiger partial charge in [-0.05, 0) is 19.1 Å². The van der Waals surface area contributed by atoms with Crippen LogP contribution in [0.2, 0.25) is 0 Å². The Hall–Kier alpha value is -2.50. The van der Waals surface area contributed by atoms with Gasteiger partial charge in [-0.15, -0.1) is 0 Å². The number of nitrogens with two attached hydrogens (primary N) is 1. The van der Waals surface area contributed by atoms with Crippen LogP contribution in [0.3, 0.4) is 0 Å². The van der Waals surface area contributed by atoms with Crippen LogP contribution in [0, 0.1) is 0 Å². The molecule has 2 rings (SSSR count). The minimum Gasteiger partial charge on any atom is -0.478 e. The maximum absolute atomic E-state index is 11.0. The third-order valence-corrected chi connectivity index (χ3v) is 2.40. The molecule has 0 aliphatic rings. The van der Waals surface area contributed by atoms with Crippen molar-refractivity contribution in [1.82, 2.24) is 9.78 Å². The molecule has 1 aromatic carbocycles. The molecular formula is C12H13N3O3. The van der Waals surface area contributed by atoms with Crippen LogP contribution in [0.4, 0.5) is 5.69 Å². The number of carbonyl (C=O) groups is 1. The largest absolute Gasteiger partial charge is 0.478 e. The number of hydrogen-bond acceptors (Lipinski definition) is 4. The van der Waals surface area contributed by atoms with Crippen molar-refractivity contribution in [3.63, 3.8) is 0 Å². The fraction of sp³-hybridized carbons (Fsp3) is 0.167. The van der Waals surface area contributed by atoms with E-state index in [4.69, 9.17) is 15.6 Å². The lowest BCUT2D eigenvalue weighted by atomic mass is 10.2. The highest BCUT2D eigenvalue weighted by atomic mass is 16.5. The Morgan fingerprint density at radius 2 is 2.33 bits per heavy atom. The van der Waals surface area contributed by atoms with E-state index in [-0.39, 0.29) is 11.3 Å². The average Bonchev–Trinajstić information content (AvgIpc) is 2.76. The van der Waals surface area contributed by atoms with E-state index in [1.54, 1.807) is 10.9 Å². The highest BCUT2D eigenvalue weighted by molar-refractivity contribution is 5.91. The molecule has 0 radical (unpaired) electrons. The van der Waals surface area contributed by atoms with E-state index in [1.807, 2.05) is 6.92 Å². The van der Waals surface area contributed by atoms with Crippen LogP contribution >= 0.6 is 0 Å². The molecule has 0 saturated carbocycles. The van der Waals surface area contributed by atoms with Crippen LogP contribution in [-0.2, 0) is 6.54 Å². The van der Waals surface area contributed by atoms with Crippen molar-refractivity contribution >= 4 is 11.7 Å². The first kappa shape index (κ1) is 12.0. The lowest BCUT2D eigenvalue weighted by Gasteiger charge is -2.07. The molecule has 0 atom stereocenters. The van der Waals surface area contributed by atoms with Crippen LogP contribution in [0.15, 0.2) is 30.6 Å². The van der Waals surface area contributed by atoms with Gasteiger partial charge in [-0.3, -0.25) is 4.68 Å². The number of ether oxygens (including phenoxy) is 1. The van der Waals surface area contributed by atoms with Crippen molar-refractivity contribution in [2.45, 2.75) is 13.5 Å². The Morgan fingerprint density at radius 3 is 2.94 bits per heavy atom. The standard InChI is InChI=1S/C12H13N3O3/c1-2-15-7-9(6-14-15)18-11-5-8(13)3-4-10(11)12(16)17/h3-7H,2,13H2,1H3,(H,16,17). The van der Waals surface area contributed by atoms with Crippen molar-refractivity contribution in [3.8, 4) is 11.5 Å². The SMILES string of the molecule is CCn1cc(Oc2cc(N)ccc2C(=O)O)cn1. The monoisotopic (exact) mass is 247 g/mol. The predicted molar refractivity (Wildman–Crippen MR) is 65.8 cm³/mol. The molecule has 94 valence electrons. The number of nitrogens with zero attached hydrogens (tertiary/aromatic N) is 2. The van der Waals surface area contributed by atoms with E-state index in [1.165, 1.54) is 24.4 Å². The van der Waals surface area contributed by atoms with Crippen LogP contribution in [0.1, 0.15) is 17.3 Å². The molecule has 18 heavy (non-hydrogen) atoms. The molecule has 2 aromatic rings. The zero-order valence-electron chi connectivity index (χ0n) is 9.83. The minimum absolute atomic E-state index is 0.0634. The fourth-order valence-corrected chi connectivity index (χ4v) is 1.50. The number of aromatic nitrogens is 2. The summed E-state index contributed by atoms with van der Waals surface area (Å²) >= 11 is 0. The van der Waals surface area contributed by atoms with Crippen molar-refractivity contribution in [3.05, 3.63) is 36.2 Å². The summed E-state index contributed by atoms with van der Waals surface area (Å²) in [5.41, 5.74) is 6.12. The van der Waals surface area contributed by atoms with Gasteiger partial charge in [-0.25, -0.2) is 4.79 Å². The molecule has 0 unspecified atom stereocenters. The summed E-state index contributed by atoms with van der Waals surface area (Å²) in [6, 6.07) is 4.41. The second kappa shape index (κ2) is 4.79. The molecule has 0 spiro atoms. The van der Waals surface area contributed by atoms with Crippen LogP contribution < -0.4 is 10.5 Å². The highest BCUT2D eigenvalue weighted by Gasteiger charge is 2.13. The number of benzene rings is 1. The summed E-state index contributed by atoms with van der Waals surface area (Å²) in [6.07, 6.45) is 3.22. The Balaban J connectivity index is 2.32. The average molecular weight is 247 g/mol. The summed E-state index contributed by atoms with van der Waals surface area (Å²) < 4.78 is 7.17.